The van der Waals surface area contributed by atoms with Crippen molar-refractivity contribution in [2.45, 2.75) is 11.3 Å². The first-order valence-electron chi connectivity index (χ1n) is 12.6. The average Bonchev–Trinajstić information content (AvgIpc) is 3.22. The van der Waals surface area contributed by atoms with E-state index in [9.17, 15) is 22.7 Å². The molecule has 0 radical (unpaired) electrons. The Hall–Kier alpha value is -4.82. The number of aliphatic hydroxyl groups is 1. The number of aromatic nitrogens is 3. The van der Waals surface area contributed by atoms with Crippen molar-refractivity contribution in [3.8, 4) is 0 Å². The molecule has 1 aliphatic heterocycles. The number of aliphatic hydroxyl groups excluding tert-OH is 1. The van der Waals surface area contributed by atoms with Crippen LogP contribution in [0.25, 0.3) is 0 Å². The monoisotopic (exact) mass is 579 g/mol. The highest BCUT2D eigenvalue weighted by Gasteiger charge is 2.22. The molecule has 1 aliphatic carbocycles. The van der Waals surface area contributed by atoms with Gasteiger partial charge in [0.2, 0.25) is 15.8 Å². The zero-order chi connectivity index (χ0) is 28.8. The third-order valence-corrected chi connectivity index (χ3v) is 7.98. The van der Waals surface area contributed by atoms with E-state index < -0.39 is 21.6 Å². The van der Waals surface area contributed by atoms with Gasteiger partial charge >= 0.3 is 0 Å². The van der Waals surface area contributed by atoms with Crippen molar-refractivity contribution in [3.63, 3.8) is 0 Å². The number of allylic oxidation sites excluding steroid dienone is 5. The third kappa shape index (κ3) is 6.67. The van der Waals surface area contributed by atoms with Crippen molar-refractivity contribution in [1.82, 2.24) is 20.4 Å². The van der Waals surface area contributed by atoms with Gasteiger partial charge < -0.3 is 20.1 Å². The minimum Gasteiger partial charge on any atom is -0.508 e. The molecule has 212 valence electrons. The van der Waals surface area contributed by atoms with Crippen molar-refractivity contribution in [1.29, 1.82) is 0 Å². The molecule has 0 spiro atoms. The summed E-state index contributed by atoms with van der Waals surface area (Å²) in [6.07, 6.45) is 8.52. The number of halogens is 1. The first-order valence-corrected chi connectivity index (χ1v) is 14.0. The molecule has 1 amide bonds. The van der Waals surface area contributed by atoms with E-state index in [0.29, 0.717) is 37.7 Å². The van der Waals surface area contributed by atoms with Crippen molar-refractivity contribution in [2.75, 3.05) is 41.9 Å². The molecule has 0 atom stereocenters. The second-order valence-electron chi connectivity index (χ2n) is 8.97. The van der Waals surface area contributed by atoms with E-state index in [2.05, 4.69) is 31.1 Å². The summed E-state index contributed by atoms with van der Waals surface area (Å²) in [4.78, 5) is 26.6. The average molecular weight is 580 g/mol. The van der Waals surface area contributed by atoms with Crippen LogP contribution < -0.4 is 21.1 Å². The van der Waals surface area contributed by atoms with Crippen LogP contribution in [0, 0.1) is 5.82 Å². The fourth-order valence-corrected chi connectivity index (χ4v) is 5.50. The van der Waals surface area contributed by atoms with Crippen LogP contribution in [-0.2, 0) is 14.6 Å². The summed E-state index contributed by atoms with van der Waals surface area (Å²) in [6, 6.07) is 9.32. The van der Waals surface area contributed by atoms with Crippen molar-refractivity contribution in [2.24, 2.45) is 0 Å². The Morgan fingerprint density at radius 1 is 1.07 bits per heavy atom. The van der Waals surface area contributed by atoms with E-state index in [1.165, 1.54) is 36.5 Å². The number of nitrogens with zero attached hydrogens (tertiary/aromatic N) is 4. The number of sulfone groups is 1. The Morgan fingerprint density at radius 3 is 2.68 bits per heavy atom. The molecule has 2 aromatic heterocycles. The van der Waals surface area contributed by atoms with Crippen LogP contribution in [0.15, 0.2) is 88.7 Å². The predicted molar refractivity (Wildman–Crippen MR) is 150 cm³/mol. The van der Waals surface area contributed by atoms with Crippen LogP contribution in [0.4, 0.5) is 27.5 Å². The van der Waals surface area contributed by atoms with Gasteiger partial charge in [-0.25, -0.2) is 22.8 Å². The number of anilines is 4. The summed E-state index contributed by atoms with van der Waals surface area (Å²) in [5.74, 6) is -1.17. The molecule has 12 nitrogen and oxygen atoms in total. The molecule has 1 fully saturated rings. The van der Waals surface area contributed by atoms with Gasteiger partial charge in [-0.3, -0.25) is 15.6 Å². The highest BCUT2D eigenvalue weighted by molar-refractivity contribution is 7.95. The molecule has 1 saturated heterocycles. The molecule has 0 saturated carbocycles. The SMILES string of the molecule is O=C(NNc1ncc(F)c(N2CCOCC2)n1)c1ccc(Nc2cccc(S(=O)(=O)C3=CC(O)=CC=CC3)c2)cn1. The van der Waals surface area contributed by atoms with Gasteiger partial charge in [0.1, 0.15) is 11.5 Å². The van der Waals surface area contributed by atoms with Crippen LogP contribution in [0.5, 0.6) is 0 Å². The fraction of sp³-hybridized carbons (Fsp3) is 0.185. The maximum Gasteiger partial charge on any atom is 0.288 e. The molecule has 3 aromatic rings. The number of benzene rings is 1. The highest BCUT2D eigenvalue weighted by Crippen LogP contribution is 2.27. The van der Waals surface area contributed by atoms with E-state index in [0.717, 1.165) is 6.20 Å². The fourth-order valence-electron chi connectivity index (χ4n) is 4.06. The van der Waals surface area contributed by atoms with Gasteiger partial charge in [-0.1, -0.05) is 18.2 Å². The lowest BCUT2D eigenvalue weighted by molar-refractivity contribution is 0.0957. The summed E-state index contributed by atoms with van der Waals surface area (Å²) < 4.78 is 45.8. The van der Waals surface area contributed by atoms with E-state index in [1.54, 1.807) is 35.3 Å². The molecule has 1 aromatic carbocycles. The van der Waals surface area contributed by atoms with Crippen LogP contribution in [0.3, 0.4) is 0 Å². The maximum atomic E-state index is 14.2. The largest absolute Gasteiger partial charge is 0.508 e. The van der Waals surface area contributed by atoms with Crippen LogP contribution >= 0.6 is 0 Å². The number of amides is 1. The molecule has 4 N–H and O–H groups in total. The molecule has 0 unspecified atom stereocenters. The van der Waals surface area contributed by atoms with Gasteiger partial charge in [-0.15, -0.1) is 0 Å². The zero-order valence-electron chi connectivity index (χ0n) is 21.6. The molecule has 2 aliphatic rings. The summed E-state index contributed by atoms with van der Waals surface area (Å²) in [6.45, 7) is 1.90. The lowest BCUT2D eigenvalue weighted by Crippen LogP contribution is -2.38. The Kier molecular flexibility index (Phi) is 8.21. The number of ether oxygens (including phenoxy) is 1. The first kappa shape index (κ1) is 27.7. The number of rotatable bonds is 8. The van der Waals surface area contributed by atoms with Crippen LogP contribution in [-0.4, -0.2) is 60.7 Å². The second-order valence-corrected chi connectivity index (χ2v) is 11.0. The standard InChI is InChI=1S/C27H26FN7O5S/c28-23-17-30-27(32-25(23)35-10-12-40-13-11-35)34-33-26(37)24-9-8-19(16-29-24)31-18-4-3-7-21(14-18)41(38,39)22-6-2-1-5-20(36)15-22/h1-5,7-9,14-17,31,36H,6,10-13H2,(H,33,37)(H,30,32,34). The number of carbonyl (C=O) groups excluding carboxylic acids is 1. The van der Waals surface area contributed by atoms with Crippen LogP contribution in [0.2, 0.25) is 0 Å². The lowest BCUT2D eigenvalue weighted by Gasteiger charge is -2.28. The Morgan fingerprint density at radius 2 is 1.90 bits per heavy atom. The van der Waals surface area contributed by atoms with Gasteiger partial charge in [0.15, 0.2) is 11.6 Å². The predicted octanol–water partition coefficient (Wildman–Crippen LogP) is 3.41. The van der Waals surface area contributed by atoms with E-state index in [-0.39, 0.29) is 39.4 Å². The number of hydrazine groups is 1. The topological polar surface area (TPSA) is 159 Å². The molecule has 14 heteroatoms. The van der Waals surface area contributed by atoms with Gasteiger partial charge in [-0.2, -0.15) is 4.98 Å². The summed E-state index contributed by atoms with van der Waals surface area (Å²) in [5, 5.41) is 12.9. The summed E-state index contributed by atoms with van der Waals surface area (Å²) >= 11 is 0. The second kappa shape index (κ2) is 12.1. The molecular formula is C27H26FN7O5S. The molecule has 0 bridgehead atoms. The number of nitrogens with one attached hydrogen (secondary N) is 3. The zero-order valence-corrected chi connectivity index (χ0v) is 22.4. The summed E-state index contributed by atoms with van der Waals surface area (Å²) in [5.41, 5.74) is 6.09. The van der Waals surface area contributed by atoms with Gasteiger partial charge in [0.05, 0.1) is 41.1 Å². The van der Waals surface area contributed by atoms with E-state index in [1.807, 2.05) is 0 Å². The number of morpholine rings is 1. The van der Waals surface area contributed by atoms with E-state index >= 15 is 0 Å². The van der Waals surface area contributed by atoms with Gasteiger partial charge in [-0.05, 0) is 42.5 Å². The normalized spacial score (nSPS) is 15.4. The maximum absolute atomic E-state index is 14.2. The Bertz CT molecular complexity index is 1640. The Balaban J connectivity index is 1.22. The smallest absolute Gasteiger partial charge is 0.288 e. The molecule has 41 heavy (non-hydrogen) atoms. The molecule has 5 rings (SSSR count). The molecular weight excluding hydrogens is 553 g/mol. The number of carbonyl (C=O) groups is 1. The van der Waals surface area contributed by atoms with Crippen LogP contribution in [0.1, 0.15) is 16.9 Å². The van der Waals surface area contributed by atoms with Crippen molar-refractivity contribution >= 4 is 38.9 Å². The molecule has 3 heterocycles. The minimum absolute atomic E-state index is 0.0104. The number of hydrogen-bond acceptors (Lipinski definition) is 11. The number of pyridine rings is 1. The third-order valence-electron chi connectivity index (χ3n) is 6.13. The summed E-state index contributed by atoms with van der Waals surface area (Å²) in [7, 11) is -3.84. The lowest BCUT2D eigenvalue weighted by atomic mass is 10.3. The Labute approximate surface area is 235 Å². The minimum atomic E-state index is -3.84. The quantitative estimate of drug-likeness (QED) is 0.290. The van der Waals surface area contributed by atoms with Gasteiger partial charge in [0.25, 0.3) is 5.91 Å². The first-order chi connectivity index (χ1) is 19.8. The van der Waals surface area contributed by atoms with Gasteiger partial charge in [0, 0.05) is 25.2 Å². The highest BCUT2D eigenvalue weighted by atomic mass is 32.2. The number of hydrogen-bond donors (Lipinski definition) is 4. The van der Waals surface area contributed by atoms with E-state index in [4.69, 9.17) is 4.74 Å². The van der Waals surface area contributed by atoms with Crippen molar-refractivity contribution < 1.29 is 27.4 Å². The van der Waals surface area contributed by atoms with Crippen molar-refractivity contribution in [3.05, 3.63) is 95.3 Å².